The van der Waals surface area contributed by atoms with Crippen LogP contribution in [0.15, 0.2) is 60.7 Å². The molecule has 0 spiro atoms. The van der Waals surface area contributed by atoms with Crippen LogP contribution in [0.5, 0.6) is 0 Å². The van der Waals surface area contributed by atoms with E-state index in [1.54, 1.807) is 24.3 Å². The zero-order valence-electron chi connectivity index (χ0n) is 22.9. The minimum atomic E-state index is -0.524. The molecule has 10 nitrogen and oxygen atoms in total. The Bertz CT molecular complexity index is 1690. The molecule has 0 radical (unpaired) electrons. The molecule has 1 aromatic heterocycles. The van der Waals surface area contributed by atoms with Crippen molar-refractivity contribution < 1.29 is 14.5 Å². The summed E-state index contributed by atoms with van der Waals surface area (Å²) in [6.07, 6.45) is 3.78. The van der Waals surface area contributed by atoms with E-state index in [0.717, 1.165) is 42.4 Å². The third-order valence-corrected chi connectivity index (χ3v) is 8.02. The van der Waals surface area contributed by atoms with Gasteiger partial charge in [0.05, 0.1) is 10.4 Å². The number of ketones is 1. The topological polar surface area (TPSA) is 130 Å². The van der Waals surface area contributed by atoms with Gasteiger partial charge in [-0.25, -0.2) is 4.98 Å². The number of benzene rings is 3. The maximum absolute atomic E-state index is 13.3. The van der Waals surface area contributed by atoms with Gasteiger partial charge in [0.1, 0.15) is 5.82 Å². The molecule has 0 bridgehead atoms. The number of non-ortho nitro benzene ring substituents is 1. The Labute approximate surface area is 237 Å². The van der Waals surface area contributed by atoms with Gasteiger partial charge in [-0.1, -0.05) is 24.3 Å². The molecule has 41 heavy (non-hydrogen) atoms. The number of nitrogens with zero attached hydrogens (tertiary/aromatic N) is 4. The maximum Gasteiger partial charge on any atom is 0.270 e. The van der Waals surface area contributed by atoms with Gasteiger partial charge in [0.15, 0.2) is 5.78 Å². The van der Waals surface area contributed by atoms with Crippen LogP contribution >= 0.6 is 0 Å². The van der Waals surface area contributed by atoms with Crippen molar-refractivity contribution >= 4 is 40.0 Å². The Morgan fingerprint density at radius 3 is 2.51 bits per heavy atom. The van der Waals surface area contributed by atoms with Crippen molar-refractivity contribution in [1.29, 1.82) is 0 Å². The lowest BCUT2D eigenvalue weighted by Gasteiger charge is -2.29. The summed E-state index contributed by atoms with van der Waals surface area (Å²) in [6, 6.07) is 17.5. The van der Waals surface area contributed by atoms with Crippen molar-refractivity contribution in [1.82, 2.24) is 15.3 Å². The van der Waals surface area contributed by atoms with Gasteiger partial charge >= 0.3 is 0 Å². The number of fused-ring (bicyclic) bond motifs is 4. The van der Waals surface area contributed by atoms with Crippen LogP contribution < -0.4 is 15.5 Å². The van der Waals surface area contributed by atoms with Gasteiger partial charge in [0.2, 0.25) is 5.95 Å². The molecule has 2 N–H and O–H groups in total. The summed E-state index contributed by atoms with van der Waals surface area (Å²) < 4.78 is 0. The third-order valence-electron chi connectivity index (χ3n) is 8.02. The van der Waals surface area contributed by atoms with E-state index < -0.39 is 4.92 Å². The molecule has 208 valence electrons. The average molecular weight is 551 g/mol. The molecule has 10 heteroatoms. The van der Waals surface area contributed by atoms with Crippen LogP contribution in [-0.4, -0.2) is 53.3 Å². The summed E-state index contributed by atoms with van der Waals surface area (Å²) in [4.78, 5) is 48.4. The normalized spacial score (nSPS) is 17.6. The molecule has 2 aliphatic carbocycles. The first-order chi connectivity index (χ1) is 19.8. The fourth-order valence-corrected chi connectivity index (χ4v) is 5.91. The van der Waals surface area contributed by atoms with Crippen molar-refractivity contribution in [3.05, 3.63) is 87.5 Å². The van der Waals surface area contributed by atoms with E-state index >= 15 is 0 Å². The average Bonchev–Trinajstić information content (AvgIpc) is 3.27. The first-order valence-corrected chi connectivity index (χ1v) is 13.8. The minimum Gasteiger partial charge on any atom is -0.362 e. The van der Waals surface area contributed by atoms with Gasteiger partial charge in [-0.15, -0.1) is 0 Å². The van der Waals surface area contributed by atoms with Crippen LogP contribution in [0.2, 0.25) is 0 Å². The molecule has 2 aliphatic rings. The summed E-state index contributed by atoms with van der Waals surface area (Å²) >= 11 is 0. The number of hydrogen-bond acceptors (Lipinski definition) is 8. The van der Waals surface area contributed by atoms with Gasteiger partial charge in [-0.3, -0.25) is 19.7 Å². The molecule has 0 saturated heterocycles. The van der Waals surface area contributed by atoms with E-state index in [1.807, 2.05) is 43.3 Å². The third kappa shape index (κ3) is 4.97. The fraction of sp³-hybridized carbons (Fsp3) is 0.290. The van der Waals surface area contributed by atoms with Crippen LogP contribution in [0.3, 0.4) is 0 Å². The largest absolute Gasteiger partial charge is 0.362 e. The molecule has 4 aromatic rings. The maximum atomic E-state index is 13.3. The summed E-state index contributed by atoms with van der Waals surface area (Å²) in [6.45, 7) is 0.535. The number of aromatic nitrogens is 2. The Kier molecular flexibility index (Phi) is 6.82. The minimum absolute atomic E-state index is 0.147. The number of nitrogens with one attached hydrogen (secondary N) is 2. The van der Waals surface area contributed by atoms with Gasteiger partial charge < -0.3 is 15.5 Å². The first-order valence-electron chi connectivity index (χ1n) is 13.8. The molecular weight excluding hydrogens is 520 g/mol. The Morgan fingerprint density at radius 1 is 0.976 bits per heavy atom. The number of hydrogen-bond donors (Lipinski definition) is 2. The lowest BCUT2D eigenvalue weighted by molar-refractivity contribution is -0.384. The number of rotatable bonds is 7. The summed E-state index contributed by atoms with van der Waals surface area (Å²) in [7, 11) is 3.95. The van der Waals surface area contributed by atoms with Crippen LogP contribution in [0.4, 0.5) is 17.5 Å². The summed E-state index contributed by atoms with van der Waals surface area (Å²) in [5, 5.41) is 18.8. The lowest BCUT2D eigenvalue weighted by atomic mass is 9.86. The van der Waals surface area contributed by atoms with Crippen molar-refractivity contribution in [2.45, 2.75) is 31.7 Å². The van der Waals surface area contributed by atoms with E-state index in [2.05, 4.69) is 10.6 Å². The molecule has 1 saturated carbocycles. The van der Waals surface area contributed by atoms with Crippen LogP contribution in [0.25, 0.3) is 22.0 Å². The highest BCUT2D eigenvalue weighted by molar-refractivity contribution is 6.24. The highest BCUT2D eigenvalue weighted by atomic mass is 16.6. The van der Waals surface area contributed by atoms with Gasteiger partial charge in [0.25, 0.3) is 11.6 Å². The second-order valence-corrected chi connectivity index (χ2v) is 10.9. The predicted molar refractivity (Wildman–Crippen MR) is 158 cm³/mol. The SMILES string of the molecule is CN(C)c1nc(NC2CCC(CNC(=O)c3cccc4c3-c3ccc([N+](=O)[O-])cc3C4=O)CC2)nc2ccccc12. The van der Waals surface area contributed by atoms with E-state index in [0.29, 0.717) is 40.7 Å². The molecular formula is C31H30N6O4. The van der Waals surface area contributed by atoms with Crippen LogP contribution in [0, 0.1) is 16.0 Å². The highest BCUT2D eigenvalue weighted by Crippen LogP contribution is 2.40. The summed E-state index contributed by atoms with van der Waals surface area (Å²) in [5.41, 5.74) is 2.92. The number of nitro benzene ring substituents is 1. The van der Waals surface area contributed by atoms with E-state index in [-0.39, 0.29) is 29.0 Å². The number of amides is 1. The second-order valence-electron chi connectivity index (χ2n) is 10.9. The van der Waals surface area contributed by atoms with Gasteiger partial charge in [-0.05, 0) is 61.4 Å². The standard InChI is InChI=1S/C31H30N6O4/c1-36(2)29-22-6-3-4-9-26(22)34-31(35-29)33-19-12-10-18(11-13-19)17-32-30(39)24-8-5-7-23-27(24)21-15-14-20(37(40)41)16-25(21)28(23)38/h3-9,14-16,18-19H,10-13,17H2,1-2H3,(H,32,39)(H,33,34,35). The predicted octanol–water partition coefficient (Wildman–Crippen LogP) is 5.22. The van der Waals surface area contributed by atoms with E-state index in [4.69, 9.17) is 9.97 Å². The fourth-order valence-electron chi connectivity index (χ4n) is 5.91. The summed E-state index contributed by atoms with van der Waals surface area (Å²) in [5.74, 6) is 1.29. The van der Waals surface area contributed by atoms with Crippen LogP contribution in [0.1, 0.15) is 52.0 Å². The quantitative estimate of drug-likeness (QED) is 0.208. The van der Waals surface area contributed by atoms with Crippen molar-refractivity contribution in [2.24, 2.45) is 5.92 Å². The highest BCUT2D eigenvalue weighted by Gasteiger charge is 2.32. The van der Waals surface area contributed by atoms with E-state index in [1.165, 1.54) is 12.1 Å². The molecule has 1 fully saturated rings. The van der Waals surface area contributed by atoms with Gasteiger partial charge in [0, 0.05) is 66.5 Å². The number of nitro groups is 1. The van der Waals surface area contributed by atoms with Crippen molar-refractivity contribution in [3.63, 3.8) is 0 Å². The zero-order chi connectivity index (χ0) is 28.7. The molecule has 6 rings (SSSR count). The number of para-hydroxylation sites is 1. The first kappa shape index (κ1) is 26.4. The molecule has 0 aliphatic heterocycles. The molecule has 0 atom stereocenters. The number of carbonyl (C=O) groups excluding carboxylic acids is 2. The van der Waals surface area contributed by atoms with E-state index in [9.17, 15) is 19.7 Å². The Balaban J connectivity index is 1.09. The van der Waals surface area contributed by atoms with Crippen molar-refractivity contribution in [2.75, 3.05) is 30.9 Å². The molecule has 1 amide bonds. The molecule has 0 unspecified atom stereocenters. The monoisotopic (exact) mass is 550 g/mol. The Morgan fingerprint density at radius 2 is 1.76 bits per heavy atom. The second kappa shape index (κ2) is 10.6. The zero-order valence-corrected chi connectivity index (χ0v) is 22.9. The lowest BCUT2D eigenvalue weighted by Crippen LogP contribution is -2.34. The van der Waals surface area contributed by atoms with Crippen molar-refractivity contribution in [3.8, 4) is 11.1 Å². The number of anilines is 2. The smallest absolute Gasteiger partial charge is 0.270 e. The Hall–Kier alpha value is -4.86. The molecule has 3 aromatic carbocycles. The number of carbonyl (C=O) groups is 2. The van der Waals surface area contributed by atoms with Crippen LogP contribution in [-0.2, 0) is 0 Å². The molecule has 1 heterocycles. The van der Waals surface area contributed by atoms with Gasteiger partial charge in [-0.2, -0.15) is 4.98 Å².